The zero-order valence-electron chi connectivity index (χ0n) is 8.01. The zero-order valence-corrected chi connectivity index (χ0v) is 9.60. The lowest BCUT2D eigenvalue weighted by Crippen LogP contribution is -3.00. The lowest BCUT2D eigenvalue weighted by atomic mass is 10.3. The molecule has 0 unspecified atom stereocenters. The molecular formula is C8H18BrNO2. The molecule has 0 aromatic carbocycles. The van der Waals surface area contributed by atoms with Gasteiger partial charge in [-0.15, -0.1) is 0 Å². The Morgan fingerprint density at radius 1 is 1.42 bits per heavy atom. The Morgan fingerprint density at radius 2 is 1.92 bits per heavy atom. The molecule has 0 heterocycles. The van der Waals surface area contributed by atoms with E-state index in [-0.39, 0.29) is 29.5 Å². The highest BCUT2D eigenvalue weighted by molar-refractivity contribution is 5.68. The van der Waals surface area contributed by atoms with E-state index in [1.165, 1.54) is 0 Å². The van der Waals surface area contributed by atoms with Gasteiger partial charge in [0.15, 0.2) is 0 Å². The highest BCUT2D eigenvalue weighted by Gasteiger charge is 2.23. The molecule has 1 N–H and O–H groups in total. The molecule has 0 bridgehead atoms. The molecule has 3 nitrogen and oxygen atoms in total. The summed E-state index contributed by atoms with van der Waals surface area (Å²) in [5.74, 6) is 0.196. The lowest BCUT2D eigenvalue weighted by molar-refractivity contribution is -0.814. The zero-order chi connectivity index (χ0) is 8.91. The van der Waals surface area contributed by atoms with Gasteiger partial charge in [-0.1, -0.05) is 6.92 Å². The van der Waals surface area contributed by atoms with Crippen molar-refractivity contribution in [3.05, 3.63) is 0 Å². The van der Waals surface area contributed by atoms with E-state index in [2.05, 4.69) is 0 Å². The number of rotatable bonds is 4. The normalized spacial score (nSPS) is 10.7. The van der Waals surface area contributed by atoms with E-state index in [9.17, 15) is 4.79 Å². The third-order valence-corrected chi connectivity index (χ3v) is 1.80. The van der Waals surface area contributed by atoms with Crippen molar-refractivity contribution in [2.24, 2.45) is 0 Å². The molecule has 0 atom stereocenters. The van der Waals surface area contributed by atoms with Crippen molar-refractivity contribution >= 4 is 5.91 Å². The molecule has 0 fully saturated rings. The van der Waals surface area contributed by atoms with Gasteiger partial charge >= 0.3 is 5.91 Å². The molecule has 0 aliphatic heterocycles. The average Bonchev–Trinajstić information content (AvgIpc) is 1.88. The van der Waals surface area contributed by atoms with Crippen molar-refractivity contribution in [3.63, 3.8) is 0 Å². The first kappa shape index (κ1) is 14.6. The number of carbonyl (C=O) groups excluding carboxylic acids is 1. The first-order valence-corrected chi connectivity index (χ1v) is 4.02. The number of likely N-dealkylation sites (N-methyl/N-ethyl adjacent to an activating group) is 1. The summed E-state index contributed by atoms with van der Waals surface area (Å²) in [7, 11) is 3.66. The summed E-state index contributed by atoms with van der Waals surface area (Å²) in [6.45, 7) is 2.57. The molecule has 0 aromatic heterocycles. The smallest absolute Gasteiger partial charge is 0.313 e. The maximum Gasteiger partial charge on any atom is 0.313 e. The predicted molar refractivity (Wildman–Crippen MR) is 44.0 cm³/mol. The van der Waals surface area contributed by atoms with Gasteiger partial charge < -0.3 is 22.1 Å². The van der Waals surface area contributed by atoms with Crippen LogP contribution in [0, 0.1) is 0 Å². The fourth-order valence-electron chi connectivity index (χ4n) is 0.891. The third-order valence-electron chi connectivity index (χ3n) is 1.80. The van der Waals surface area contributed by atoms with Gasteiger partial charge in [-0.05, 0) is 6.42 Å². The highest BCUT2D eigenvalue weighted by Crippen LogP contribution is 2.02. The van der Waals surface area contributed by atoms with Gasteiger partial charge in [0.2, 0.25) is 0 Å². The molecule has 0 saturated carbocycles. The Bertz CT molecular complexity index is 137. The summed E-state index contributed by atoms with van der Waals surface area (Å²) in [5.41, 5.74) is 0. The molecular weight excluding hydrogens is 222 g/mol. The number of carbonyl (C=O) groups is 1. The van der Waals surface area contributed by atoms with Crippen LogP contribution >= 0.6 is 0 Å². The number of hydrogen-bond donors (Lipinski definition) is 1. The first-order chi connectivity index (χ1) is 5.04. The van der Waals surface area contributed by atoms with E-state index in [0.29, 0.717) is 17.4 Å². The molecule has 0 aromatic rings. The van der Waals surface area contributed by atoms with Gasteiger partial charge in [0.1, 0.15) is 6.54 Å². The molecule has 0 aliphatic carbocycles. The van der Waals surface area contributed by atoms with Crippen molar-refractivity contribution in [2.45, 2.75) is 19.8 Å². The van der Waals surface area contributed by atoms with Gasteiger partial charge in [0, 0.05) is 0 Å². The highest BCUT2D eigenvalue weighted by atomic mass is 79.9. The Balaban J connectivity index is 0. The number of nitrogens with zero attached hydrogens (tertiary/aromatic N) is 1. The molecule has 0 rings (SSSR count). The van der Waals surface area contributed by atoms with Gasteiger partial charge in [-0.2, -0.15) is 0 Å². The van der Waals surface area contributed by atoms with E-state index < -0.39 is 0 Å². The van der Waals surface area contributed by atoms with Gasteiger partial charge in [0.05, 0.1) is 27.1 Å². The SMILES string of the molecule is CCCC(=O)[N+](C)(C)CCO.[Br-]. The molecule has 0 spiro atoms. The number of halogens is 1. The predicted octanol–water partition coefficient (Wildman–Crippen LogP) is -2.61. The van der Waals surface area contributed by atoms with E-state index in [4.69, 9.17) is 5.11 Å². The standard InChI is InChI=1S/C8H18NO2.BrH/c1-4-5-8(11)9(2,3)6-7-10;/h10H,4-7H2,1-3H3;1H/q+1;/p-1. The molecule has 0 aliphatic rings. The van der Waals surface area contributed by atoms with Gasteiger partial charge in [-0.25, -0.2) is 4.79 Å². The molecule has 4 heteroatoms. The second-order valence-electron chi connectivity index (χ2n) is 3.28. The number of amides is 1. The minimum atomic E-state index is 0. The van der Waals surface area contributed by atoms with Gasteiger partial charge in [-0.3, -0.25) is 4.48 Å². The van der Waals surface area contributed by atoms with Crippen LogP contribution in [0.15, 0.2) is 0 Å². The fourth-order valence-corrected chi connectivity index (χ4v) is 0.891. The number of quaternary nitrogens is 1. The Kier molecular flexibility index (Phi) is 7.99. The second-order valence-corrected chi connectivity index (χ2v) is 3.28. The minimum absolute atomic E-state index is 0. The quantitative estimate of drug-likeness (QED) is 0.547. The van der Waals surface area contributed by atoms with E-state index in [0.717, 1.165) is 6.42 Å². The molecule has 12 heavy (non-hydrogen) atoms. The van der Waals surface area contributed by atoms with E-state index >= 15 is 0 Å². The van der Waals surface area contributed by atoms with Crippen LogP contribution in [0.2, 0.25) is 0 Å². The van der Waals surface area contributed by atoms with Crippen molar-refractivity contribution in [2.75, 3.05) is 27.2 Å². The minimum Gasteiger partial charge on any atom is -1.00 e. The topological polar surface area (TPSA) is 37.3 Å². The second kappa shape index (κ2) is 6.57. The number of hydrogen-bond acceptors (Lipinski definition) is 2. The monoisotopic (exact) mass is 239 g/mol. The van der Waals surface area contributed by atoms with Crippen LogP contribution in [0.3, 0.4) is 0 Å². The van der Waals surface area contributed by atoms with Crippen molar-refractivity contribution in [1.82, 2.24) is 0 Å². The van der Waals surface area contributed by atoms with Crippen LogP contribution in [0.25, 0.3) is 0 Å². The summed E-state index contributed by atoms with van der Waals surface area (Å²) in [4.78, 5) is 11.3. The van der Waals surface area contributed by atoms with Crippen LogP contribution in [0.5, 0.6) is 0 Å². The summed E-state index contributed by atoms with van der Waals surface area (Å²) in [6, 6.07) is 0. The maximum absolute atomic E-state index is 11.3. The Hall–Kier alpha value is 0.0700. The summed E-state index contributed by atoms with van der Waals surface area (Å²) < 4.78 is 0.296. The summed E-state index contributed by atoms with van der Waals surface area (Å²) in [6.07, 6.45) is 1.49. The number of aliphatic hydroxyl groups excluding tert-OH is 1. The third kappa shape index (κ3) is 4.85. The van der Waals surface area contributed by atoms with Crippen LogP contribution < -0.4 is 17.0 Å². The molecule has 74 valence electrons. The van der Waals surface area contributed by atoms with Crippen molar-refractivity contribution in [3.8, 4) is 0 Å². The molecule has 0 radical (unpaired) electrons. The summed E-state index contributed by atoms with van der Waals surface area (Å²) >= 11 is 0. The van der Waals surface area contributed by atoms with Crippen LogP contribution in [-0.2, 0) is 4.79 Å². The largest absolute Gasteiger partial charge is 1.00 e. The fraction of sp³-hybridized carbons (Fsp3) is 0.875. The molecule has 1 amide bonds. The maximum atomic E-state index is 11.3. The van der Waals surface area contributed by atoms with Crippen LogP contribution in [0.1, 0.15) is 19.8 Å². The van der Waals surface area contributed by atoms with Crippen molar-refractivity contribution < 1.29 is 31.4 Å². The van der Waals surface area contributed by atoms with Gasteiger partial charge in [0.25, 0.3) is 0 Å². The summed E-state index contributed by atoms with van der Waals surface area (Å²) in [5, 5.41) is 8.65. The lowest BCUT2D eigenvalue weighted by Gasteiger charge is -2.25. The Morgan fingerprint density at radius 3 is 2.25 bits per heavy atom. The van der Waals surface area contributed by atoms with E-state index in [1.54, 1.807) is 0 Å². The van der Waals surface area contributed by atoms with E-state index in [1.807, 2.05) is 21.0 Å². The van der Waals surface area contributed by atoms with Crippen LogP contribution in [-0.4, -0.2) is 42.7 Å². The van der Waals surface area contributed by atoms with Crippen molar-refractivity contribution in [1.29, 1.82) is 0 Å². The number of aliphatic hydroxyl groups is 1. The van der Waals surface area contributed by atoms with Crippen LogP contribution in [0.4, 0.5) is 0 Å². The average molecular weight is 240 g/mol. The first-order valence-electron chi connectivity index (χ1n) is 4.02. The Labute approximate surface area is 84.7 Å². The molecule has 0 saturated heterocycles.